The summed E-state index contributed by atoms with van der Waals surface area (Å²) in [6.45, 7) is 7.46. The maximum atomic E-state index is 11.9. The summed E-state index contributed by atoms with van der Waals surface area (Å²) in [5.74, 6) is -0.630. The Labute approximate surface area is 346 Å². The zero-order chi connectivity index (χ0) is 40.4. The van der Waals surface area contributed by atoms with Crippen LogP contribution in [0.15, 0.2) is 0 Å². The molecule has 0 fully saturated rings. The van der Waals surface area contributed by atoms with Crippen LogP contribution in [0.4, 0.5) is 0 Å². The molecular weight excluding hydrogens is 677 g/mol. The molecule has 0 aliphatic rings. The van der Waals surface area contributed by atoms with Crippen molar-refractivity contribution in [1.82, 2.24) is 0 Å². The van der Waals surface area contributed by atoms with Gasteiger partial charge in [-0.1, -0.05) is 278 Å². The SMILES string of the molecule is CCCCCCCCCCCCCC(=O)O.CCCCCCCCCCCCCCCCCCCCCCCOC(=O)CCCCCCCCCCCCC. The van der Waals surface area contributed by atoms with E-state index in [2.05, 4.69) is 20.8 Å². The Kier molecular flexibility index (Phi) is 53.9. The molecule has 0 saturated carbocycles. The van der Waals surface area contributed by atoms with Gasteiger partial charge in [-0.05, 0) is 19.3 Å². The van der Waals surface area contributed by atoms with Gasteiger partial charge in [0.1, 0.15) is 0 Å². The maximum absolute atomic E-state index is 11.9. The van der Waals surface area contributed by atoms with Crippen molar-refractivity contribution in [2.45, 2.75) is 310 Å². The molecule has 0 heterocycles. The molecule has 0 radical (unpaired) electrons. The van der Waals surface area contributed by atoms with Gasteiger partial charge in [-0.2, -0.15) is 0 Å². The maximum Gasteiger partial charge on any atom is 0.305 e. The second-order valence-electron chi connectivity index (χ2n) is 17.3. The third-order valence-electron chi connectivity index (χ3n) is 11.5. The Balaban J connectivity index is 0. The standard InChI is InChI=1S/C37H74O2.C14H28O2/c1-3-5-7-9-11-13-15-16-17-18-19-20-21-22-23-24-26-28-30-32-34-36-39-37(38)35-33-31-29-27-25-14-12-10-8-6-4-2;1-2-3-4-5-6-7-8-9-10-11-12-13-14(15)16/h3-36H2,1-2H3;2-13H2,1H3,(H,15,16). The lowest BCUT2D eigenvalue weighted by Gasteiger charge is -2.06. The molecule has 0 aliphatic heterocycles. The van der Waals surface area contributed by atoms with E-state index in [4.69, 9.17) is 9.84 Å². The molecule has 0 rings (SSSR count). The molecule has 4 heteroatoms. The number of carboxylic acid groups (broad SMARTS) is 1. The largest absolute Gasteiger partial charge is 0.481 e. The minimum atomic E-state index is -0.657. The van der Waals surface area contributed by atoms with E-state index in [-0.39, 0.29) is 5.97 Å². The first-order valence-electron chi connectivity index (χ1n) is 25.5. The van der Waals surface area contributed by atoms with Crippen LogP contribution in [-0.4, -0.2) is 23.7 Å². The van der Waals surface area contributed by atoms with Crippen molar-refractivity contribution in [3.63, 3.8) is 0 Å². The van der Waals surface area contributed by atoms with E-state index in [9.17, 15) is 9.59 Å². The zero-order valence-electron chi connectivity index (χ0n) is 38.2. The van der Waals surface area contributed by atoms with E-state index in [1.165, 1.54) is 250 Å². The number of hydrogen-bond donors (Lipinski definition) is 1. The molecule has 55 heavy (non-hydrogen) atoms. The lowest BCUT2D eigenvalue weighted by molar-refractivity contribution is -0.144. The van der Waals surface area contributed by atoms with Gasteiger partial charge < -0.3 is 9.84 Å². The van der Waals surface area contributed by atoms with Gasteiger partial charge in [-0.3, -0.25) is 9.59 Å². The van der Waals surface area contributed by atoms with Crippen molar-refractivity contribution in [2.24, 2.45) is 0 Å². The molecule has 0 bridgehead atoms. The van der Waals surface area contributed by atoms with Crippen molar-refractivity contribution in [1.29, 1.82) is 0 Å². The van der Waals surface area contributed by atoms with Gasteiger partial charge in [0.25, 0.3) is 0 Å². The Morgan fingerprint density at radius 3 is 0.727 bits per heavy atom. The molecule has 0 unspecified atom stereocenters. The van der Waals surface area contributed by atoms with Crippen LogP contribution < -0.4 is 0 Å². The highest BCUT2D eigenvalue weighted by Gasteiger charge is 2.03. The van der Waals surface area contributed by atoms with E-state index in [0.29, 0.717) is 19.4 Å². The monoisotopic (exact) mass is 779 g/mol. The van der Waals surface area contributed by atoms with E-state index in [0.717, 1.165) is 25.7 Å². The normalized spacial score (nSPS) is 11.1. The minimum absolute atomic E-state index is 0.0269. The first-order valence-corrected chi connectivity index (χ1v) is 25.5. The van der Waals surface area contributed by atoms with Crippen molar-refractivity contribution < 1.29 is 19.4 Å². The van der Waals surface area contributed by atoms with Gasteiger partial charge in [0.2, 0.25) is 0 Å². The number of hydrogen-bond acceptors (Lipinski definition) is 3. The summed E-state index contributed by atoms with van der Waals surface area (Å²) in [5, 5.41) is 8.46. The summed E-state index contributed by atoms with van der Waals surface area (Å²) in [4.78, 5) is 22.1. The van der Waals surface area contributed by atoms with Crippen LogP contribution in [0.3, 0.4) is 0 Å². The van der Waals surface area contributed by atoms with Crippen LogP contribution >= 0.6 is 0 Å². The summed E-state index contributed by atoms with van der Waals surface area (Å²) in [6, 6.07) is 0. The fourth-order valence-corrected chi connectivity index (χ4v) is 7.67. The number of aliphatic carboxylic acids is 1. The van der Waals surface area contributed by atoms with Crippen LogP contribution in [0, 0.1) is 0 Å². The van der Waals surface area contributed by atoms with Crippen LogP contribution in [0.2, 0.25) is 0 Å². The second kappa shape index (κ2) is 52.9. The van der Waals surface area contributed by atoms with Crippen molar-refractivity contribution in [3.8, 4) is 0 Å². The first-order chi connectivity index (χ1) is 27.1. The topological polar surface area (TPSA) is 63.6 Å². The molecule has 330 valence electrons. The summed E-state index contributed by atoms with van der Waals surface area (Å²) in [5.41, 5.74) is 0. The van der Waals surface area contributed by atoms with Gasteiger partial charge in [-0.25, -0.2) is 0 Å². The van der Waals surface area contributed by atoms with Gasteiger partial charge >= 0.3 is 11.9 Å². The summed E-state index contributed by atoms with van der Waals surface area (Å²) in [7, 11) is 0. The fraction of sp³-hybridized carbons (Fsp3) is 0.961. The number of ether oxygens (including phenoxy) is 1. The first kappa shape index (κ1) is 56.0. The molecule has 0 aromatic rings. The predicted molar refractivity (Wildman–Crippen MR) is 243 cm³/mol. The third kappa shape index (κ3) is 57.4. The lowest BCUT2D eigenvalue weighted by Crippen LogP contribution is -2.05. The molecule has 1 N–H and O–H groups in total. The van der Waals surface area contributed by atoms with Gasteiger partial charge in [0.05, 0.1) is 6.61 Å². The van der Waals surface area contributed by atoms with E-state index in [1.807, 2.05) is 0 Å². The number of rotatable bonds is 46. The molecule has 0 aromatic carbocycles. The number of carbonyl (C=O) groups is 2. The van der Waals surface area contributed by atoms with Crippen LogP contribution in [0.1, 0.15) is 310 Å². The Bertz CT molecular complexity index is 707. The van der Waals surface area contributed by atoms with Gasteiger partial charge in [-0.15, -0.1) is 0 Å². The van der Waals surface area contributed by atoms with Gasteiger partial charge in [0, 0.05) is 12.8 Å². The van der Waals surface area contributed by atoms with Crippen LogP contribution in [0.5, 0.6) is 0 Å². The van der Waals surface area contributed by atoms with E-state index in [1.54, 1.807) is 0 Å². The average Bonchev–Trinajstić information content (AvgIpc) is 3.18. The number of esters is 1. The summed E-state index contributed by atoms with van der Waals surface area (Å²) < 4.78 is 5.44. The fourth-order valence-electron chi connectivity index (χ4n) is 7.67. The number of unbranched alkanes of at least 4 members (excludes halogenated alkanes) is 40. The Morgan fingerprint density at radius 1 is 0.291 bits per heavy atom. The van der Waals surface area contributed by atoms with Crippen LogP contribution in [0.25, 0.3) is 0 Å². The molecule has 0 aromatic heterocycles. The van der Waals surface area contributed by atoms with Crippen molar-refractivity contribution >= 4 is 11.9 Å². The van der Waals surface area contributed by atoms with Gasteiger partial charge in [0.15, 0.2) is 0 Å². The molecule has 0 amide bonds. The third-order valence-corrected chi connectivity index (χ3v) is 11.5. The number of carbonyl (C=O) groups excluding carboxylic acids is 1. The molecular formula is C51H102O4. The van der Waals surface area contributed by atoms with Crippen molar-refractivity contribution in [2.75, 3.05) is 6.61 Å². The zero-order valence-corrected chi connectivity index (χ0v) is 38.2. The average molecular weight is 779 g/mol. The highest BCUT2D eigenvalue weighted by molar-refractivity contribution is 5.69. The smallest absolute Gasteiger partial charge is 0.305 e. The Hall–Kier alpha value is -1.06. The quantitative estimate of drug-likeness (QED) is 0.0494. The lowest BCUT2D eigenvalue weighted by atomic mass is 10.0. The molecule has 4 nitrogen and oxygen atoms in total. The molecule has 0 saturated heterocycles. The summed E-state index contributed by atoms with van der Waals surface area (Å²) >= 11 is 0. The van der Waals surface area contributed by atoms with E-state index < -0.39 is 5.97 Å². The molecule has 0 atom stereocenters. The molecule has 0 aliphatic carbocycles. The van der Waals surface area contributed by atoms with Crippen LogP contribution in [-0.2, 0) is 14.3 Å². The predicted octanol–water partition coefficient (Wildman–Crippen LogP) is 18.2. The second-order valence-corrected chi connectivity index (χ2v) is 17.3. The highest BCUT2D eigenvalue weighted by atomic mass is 16.5. The Morgan fingerprint density at radius 2 is 0.491 bits per heavy atom. The molecule has 0 spiro atoms. The van der Waals surface area contributed by atoms with Crippen molar-refractivity contribution in [3.05, 3.63) is 0 Å². The number of carboxylic acids is 1. The minimum Gasteiger partial charge on any atom is -0.481 e. The highest BCUT2D eigenvalue weighted by Crippen LogP contribution is 2.16. The van der Waals surface area contributed by atoms with E-state index >= 15 is 0 Å². The summed E-state index contributed by atoms with van der Waals surface area (Å²) in [6.07, 6.45) is 59.0.